The van der Waals surface area contributed by atoms with Crippen LogP contribution in [0.1, 0.15) is 20.3 Å². The van der Waals surface area contributed by atoms with Gasteiger partial charge in [-0.15, -0.1) is 0 Å². The van der Waals surface area contributed by atoms with E-state index in [-0.39, 0.29) is 0 Å². The fourth-order valence-electron chi connectivity index (χ4n) is 1.48. The number of aromatic nitrogens is 2. The third-order valence-electron chi connectivity index (χ3n) is 2.45. The molecule has 0 radical (unpaired) electrons. The van der Waals surface area contributed by atoms with Crippen molar-refractivity contribution in [3.05, 3.63) is 12.4 Å². The molecule has 1 heterocycles. The molecule has 0 saturated carbocycles. The molecule has 0 bridgehead atoms. The lowest BCUT2D eigenvalue weighted by Gasteiger charge is -2.20. The number of nitrogens with zero attached hydrogens (tertiary/aromatic N) is 2. The lowest BCUT2D eigenvalue weighted by molar-refractivity contribution is 0.540. The van der Waals surface area contributed by atoms with Crippen molar-refractivity contribution in [2.45, 2.75) is 36.7 Å². The summed E-state index contributed by atoms with van der Waals surface area (Å²) in [6.45, 7) is 4.45. The van der Waals surface area contributed by atoms with Gasteiger partial charge in [-0.3, -0.25) is 0 Å². The zero-order valence-corrected chi connectivity index (χ0v) is 10.1. The standard InChI is InChI=1S/C10H19N3S/c1-5-9(11-3)8(2)14-10-12-6-7-13(10)4/h6-9,11H,5H2,1-4H3. The van der Waals surface area contributed by atoms with Crippen LogP contribution in [0.2, 0.25) is 0 Å². The third-order valence-corrected chi connectivity index (χ3v) is 3.75. The molecule has 0 spiro atoms. The number of hydrogen-bond acceptors (Lipinski definition) is 3. The van der Waals surface area contributed by atoms with Gasteiger partial charge in [0.25, 0.3) is 0 Å². The summed E-state index contributed by atoms with van der Waals surface area (Å²) < 4.78 is 2.06. The molecule has 0 fully saturated rings. The Morgan fingerprint density at radius 1 is 1.64 bits per heavy atom. The lowest BCUT2D eigenvalue weighted by Crippen LogP contribution is -2.33. The van der Waals surface area contributed by atoms with E-state index in [2.05, 4.69) is 28.7 Å². The number of thioether (sulfide) groups is 1. The highest BCUT2D eigenvalue weighted by Crippen LogP contribution is 2.23. The smallest absolute Gasteiger partial charge is 0.167 e. The summed E-state index contributed by atoms with van der Waals surface area (Å²) in [5.74, 6) is 0. The van der Waals surface area contributed by atoms with Crippen LogP contribution in [-0.4, -0.2) is 27.9 Å². The van der Waals surface area contributed by atoms with Gasteiger partial charge in [-0.05, 0) is 13.5 Å². The molecule has 2 atom stereocenters. The number of aryl methyl sites for hydroxylation is 1. The van der Waals surface area contributed by atoms with Crippen molar-refractivity contribution < 1.29 is 0 Å². The van der Waals surface area contributed by atoms with E-state index in [0.29, 0.717) is 11.3 Å². The fourth-order valence-corrected chi connectivity index (χ4v) is 2.66. The van der Waals surface area contributed by atoms with Gasteiger partial charge < -0.3 is 9.88 Å². The van der Waals surface area contributed by atoms with E-state index in [1.807, 2.05) is 38.3 Å². The maximum atomic E-state index is 4.30. The number of nitrogens with one attached hydrogen (secondary N) is 1. The first kappa shape index (κ1) is 11.6. The van der Waals surface area contributed by atoms with Gasteiger partial charge in [-0.25, -0.2) is 4.98 Å². The van der Waals surface area contributed by atoms with Crippen LogP contribution >= 0.6 is 11.8 Å². The Morgan fingerprint density at radius 2 is 2.36 bits per heavy atom. The zero-order chi connectivity index (χ0) is 10.6. The van der Waals surface area contributed by atoms with E-state index in [9.17, 15) is 0 Å². The van der Waals surface area contributed by atoms with Gasteiger partial charge >= 0.3 is 0 Å². The van der Waals surface area contributed by atoms with Crippen LogP contribution < -0.4 is 5.32 Å². The van der Waals surface area contributed by atoms with Crippen LogP contribution in [0, 0.1) is 0 Å². The summed E-state index contributed by atoms with van der Waals surface area (Å²) in [4.78, 5) is 4.30. The van der Waals surface area contributed by atoms with Crippen molar-refractivity contribution in [2.24, 2.45) is 7.05 Å². The van der Waals surface area contributed by atoms with Crippen molar-refractivity contribution in [1.29, 1.82) is 0 Å². The molecular formula is C10H19N3S. The van der Waals surface area contributed by atoms with Gasteiger partial charge in [0.15, 0.2) is 5.16 Å². The molecule has 4 heteroatoms. The normalized spacial score (nSPS) is 15.4. The summed E-state index contributed by atoms with van der Waals surface area (Å²) in [6, 6.07) is 0.552. The molecule has 0 saturated heterocycles. The highest BCUT2D eigenvalue weighted by Gasteiger charge is 2.16. The Hall–Kier alpha value is -0.480. The molecule has 0 aliphatic carbocycles. The van der Waals surface area contributed by atoms with Gasteiger partial charge in [0.2, 0.25) is 0 Å². The molecule has 3 nitrogen and oxygen atoms in total. The second-order valence-corrected chi connectivity index (χ2v) is 4.79. The van der Waals surface area contributed by atoms with Gasteiger partial charge in [0.1, 0.15) is 0 Å². The van der Waals surface area contributed by atoms with Crippen molar-refractivity contribution in [2.75, 3.05) is 7.05 Å². The Kier molecular flexibility index (Phi) is 4.48. The predicted octanol–water partition coefficient (Wildman–Crippen LogP) is 1.90. The molecule has 0 aliphatic heterocycles. The monoisotopic (exact) mass is 213 g/mol. The lowest BCUT2D eigenvalue weighted by atomic mass is 10.2. The minimum absolute atomic E-state index is 0.547. The minimum atomic E-state index is 0.547. The first-order valence-corrected chi connectivity index (χ1v) is 5.88. The van der Waals surface area contributed by atoms with Crippen LogP contribution in [-0.2, 0) is 7.05 Å². The van der Waals surface area contributed by atoms with Crippen LogP contribution in [0.3, 0.4) is 0 Å². The summed E-state index contributed by atoms with van der Waals surface area (Å²) in [5, 5.41) is 4.96. The van der Waals surface area contributed by atoms with Crippen LogP contribution in [0.5, 0.6) is 0 Å². The Morgan fingerprint density at radius 3 is 2.79 bits per heavy atom. The second-order valence-electron chi connectivity index (χ2n) is 3.45. The summed E-state index contributed by atoms with van der Waals surface area (Å²) >= 11 is 1.82. The average molecular weight is 213 g/mol. The van der Waals surface area contributed by atoms with Crippen molar-refractivity contribution in [1.82, 2.24) is 14.9 Å². The summed E-state index contributed by atoms with van der Waals surface area (Å²) in [5.41, 5.74) is 0. The molecule has 1 rings (SSSR count). The molecule has 0 aliphatic rings. The molecule has 14 heavy (non-hydrogen) atoms. The average Bonchev–Trinajstić information content (AvgIpc) is 2.54. The van der Waals surface area contributed by atoms with Crippen LogP contribution in [0.15, 0.2) is 17.6 Å². The summed E-state index contributed by atoms with van der Waals surface area (Å²) in [7, 11) is 4.05. The van der Waals surface area contributed by atoms with E-state index in [1.165, 1.54) is 0 Å². The van der Waals surface area contributed by atoms with Gasteiger partial charge in [0.05, 0.1) is 0 Å². The minimum Gasteiger partial charge on any atom is -0.329 e. The fraction of sp³-hybridized carbons (Fsp3) is 0.700. The SMILES string of the molecule is CCC(NC)C(C)Sc1nccn1C. The predicted molar refractivity (Wildman–Crippen MR) is 61.7 cm³/mol. The highest BCUT2D eigenvalue weighted by atomic mass is 32.2. The van der Waals surface area contributed by atoms with E-state index in [4.69, 9.17) is 0 Å². The number of imidazole rings is 1. The first-order valence-electron chi connectivity index (χ1n) is 5.00. The third kappa shape index (κ3) is 2.75. The molecule has 80 valence electrons. The Balaban J connectivity index is 2.56. The maximum absolute atomic E-state index is 4.30. The number of rotatable bonds is 5. The molecule has 2 unspecified atom stereocenters. The topological polar surface area (TPSA) is 29.9 Å². The Bertz CT molecular complexity index is 268. The first-order chi connectivity index (χ1) is 6.69. The van der Waals surface area contributed by atoms with Crippen molar-refractivity contribution in [3.63, 3.8) is 0 Å². The molecule has 1 aromatic heterocycles. The van der Waals surface area contributed by atoms with Crippen molar-refractivity contribution >= 4 is 11.8 Å². The molecule has 1 N–H and O–H groups in total. The van der Waals surface area contributed by atoms with Gasteiger partial charge in [-0.1, -0.05) is 25.6 Å². The molecular weight excluding hydrogens is 194 g/mol. The summed E-state index contributed by atoms with van der Waals surface area (Å²) in [6.07, 6.45) is 4.97. The zero-order valence-electron chi connectivity index (χ0n) is 9.32. The molecule has 0 aromatic carbocycles. The van der Waals surface area contributed by atoms with E-state index in [1.54, 1.807) is 0 Å². The highest BCUT2D eigenvalue weighted by molar-refractivity contribution is 7.99. The maximum Gasteiger partial charge on any atom is 0.167 e. The van der Waals surface area contributed by atoms with Gasteiger partial charge in [0, 0.05) is 30.7 Å². The number of hydrogen-bond donors (Lipinski definition) is 1. The quantitative estimate of drug-likeness (QED) is 0.758. The van der Waals surface area contributed by atoms with E-state index >= 15 is 0 Å². The van der Waals surface area contributed by atoms with Crippen LogP contribution in [0.4, 0.5) is 0 Å². The second kappa shape index (κ2) is 5.41. The Labute approximate surface area is 90.3 Å². The van der Waals surface area contributed by atoms with Gasteiger partial charge in [-0.2, -0.15) is 0 Å². The van der Waals surface area contributed by atoms with E-state index in [0.717, 1.165) is 11.6 Å². The molecule has 0 amide bonds. The van der Waals surface area contributed by atoms with E-state index < -0.39 is 0 Å². The van der Waals surface area contributed by atoms with Crippen molar-refractivity contribution in [3.8, 4) is 0 Å². The largest absolute Gasteiger partial charge is 0.329 e. The van der Waals surface area contributed by atoms with Crippen LogP contribution in [0.25, 0.3) is 0 Å². The molecule has 1 aromatic rings.